The largest absolute Gasteiger partial charge is 0.320 e. The third kappa shape index (κ3) is 3.75. The van der Waals surface area contributed by atoms with Crippen LogP contribution in [0.15, 0.2) is 35.7 Å². The Hall–Kier alpha value is -1.96. The molecule has 1 unspecified atom stereocenters. The maximum absolute atomic E-state index is 12.4. The zero-order valence-corrected chi connectivity index (χ0v) is 14.4. The predicted octanol–water partition coefficient (Wildman–Crippen LogP) is 2.67. The van der Waals surface area contributed by atoms with Gasteiger partial charge in [0.15, 0.2) is 6.54 Å². The van der Waals surface area contributed by atoms with E-state index in [-0.39, 0.29) is 22.3 Å². The molecular formula is C16H17ClN3O3S+. The number of anilines is 1. The highest BCUT2D eigenvalue weighted by atomic mass is 35.5. The fourth-order valence-corrected chi connectivity index (χ4v) is 4.20. The number of hydrogen-bond donors (Lipinski definition) is 2. The molecule has 3 rings (SSSR count). The predicted molar refractivity (Wildman–Crippen MR) is 93.7 cm³/mol. The number of nitrogens with one attached hydrogen (secondary N) is 2. The minimum absolute atomic E-state index is 0.181. The number of carbonyl (C=O) groups excluding carboxylic acids is 1. The zero-order valence-electron chi connectivity index (χ0n) is 12.8. The highest BCUT2D eigenvalue weighted by Gasteiger charge is 2.32. The van der Waals surface area contributed by atoms with Crippen molar-refractivity contribution in [2.24, 2.45) is 0 Å². The van der Waals surface area contributed by atoms with Crippen molar-refractivity contribution >= 4 is 40.2 Å². The van der Waals surface area contributed by atoms with Gasteiger partial charge in [-0.3, -0.25) is 14.9 Å². The highest BCUT2D eigenvalue weighted by molar-refractivity contribution is 7.10. The molecule has 24 heavy (non-hydrogen) atoms. The molecule has 6 nitrogen and oxygen atoms in total. The number of rotatable bonds is 5. The second-order valence-electron chi connectivity index (χ2n) is 5.76. The normalized spacial score (nSPS) is 20.0. The Kier molecular flexibility index (Phi) is 5.13. The average Bonchev–Trinajstić information content (AvgIpc) is 3.19. The van der Waals surface area contributed by atoms with Crippen molar-refractivity contribution in [1.82, 2.24) is 0 Å². The van der Waals surface area contributed by atoms with Crippen molar-refractivity contribution in [1.29, 1.82) is 0 Å². The standard InChI is InChI=1S/C16H16ClN3O3S/c17-11-5-6-12(14(9-11)20(22)23)18-16(21)10-19-7-1-3-13(19)15-4-2-8-24-15/h2,4-6,8-9,13H,1,3,7,10H2,(H,18,21)/p+1/t13-/m1/s1. The summed E-state index contributed by atoms with van der Waals surface area (Å²) in [4.78, 5) is 25.4. The number of quaternary nitrogens is 1. The first kappa shape index (κ1) is 16.9. The summed E-state index contributed by atoms with van der Waals surface area (Å²) in [6, 6.07) is 8.69. The molecule has 1 aliphatic rings. The zero-order chi connectivity index (χ0) is 17.1. The first-order chi connectivity index (χ1) is 11.5. The first-order valence-corrected chi connectivity index (χ1v) is 8.92. The third-order valence-electron chi connectivity index (χ3n) is 4.19. The summed E-state index contributed by atoms with van der Waals surface area (Å²) in [6.45, 7) is 1.22. The lowest BCUT2D eigenvalue weighted by Crippen LogP contribution is -3.11. The Labute approximate surface area is 148 Å². The van der Waals surface area contributed by atoms with E-state index >= 15 is 0 Å². The second-order valence-corrected chi connectivity index (χ2v) is 7.18. The summed E-state index contributed by atoms with van der Waals surface area (Å²) in [5, 5.41) is 16.1. The van der Waals surface area contributed by atoms with Crippen LogP contribution in [0.1, 0.15) is 23.8 Å². The summed E-state index contributed by atoms with van der Waals surface area (Å²) in [5.41, 5.74) is -0.0113. The van der Waals surface area contributed by atoms with Gasteiger partial charge in [0.25, 0.3) is 11.6 Å². The minimum Gasteiger partial charge on any atom is -0.320 e. The van der Waals surface area contributed by atoms with Gasteiger partial charge in [-0.25, -0.2) is 0 Å². The van der Waals surface area contributed by atoms with E-state index in [1.165, 1.54) is 28.0 Å². The molecule has 2 aromatic rings. The molecule has 0 saturated carbocycles. The number of hydrogen-bond acceptors (Lipinski definition) is 4. The fourth-order valence-electron chi connectivity index (χ4n) is 3.12. The van der Waals surface area contributed by atoms with Crippen molar-refractivity contribution in [3.05, 3.63) is 55.7 Å². The van der Waals surface area contributed by atoms with Crippen LogP contribution in [-0.2, 0) is 4.79 Å². The molecule has 1 saturated heterocycles. The molecule has 2 N–H and O–H groups in total. The Morgan fingerprint density at radius 3 is 3.00 bits per heavy atom. The monoisotopic (exact) mass is 366 g/mol. The van der Waals surface area contributed by atoms with Crippen molar-refractivity contribution < 1.29 is 14.6 Å². The van der Waals surface area contributed by atoms with Crippen LogP contribution < -0.4 is 10.2 Å². The van der Waals surface area contributed by atoms with E-state index < -0.39 is 4.92 Å². The van der Waals surface area contributed by atoms with E-state index in [1.807, 2.05) is 11.4 Å². The lowest BCUT2D eigenvalue weighted by Gasteiger charge is -2.20. The molecule has 0 radical (unpaired) electrons. The van der Waals surface area contributed by atoms with Crippen molar-refractivity contribution in [2.75, 3.05) is 18.4 Å². The summed E-state index contributed by atoms with van der Waals surface area (Å²) >= 11 is 7.50. The topological polar surface area (TPSA) is 76.7 Å². The van der Waals surface area contributed by atoms with Gasteiger partial charge in [0.2, 0.25) is 0 Å². The Bertz CT molecular complexity index is 751. The van der Waals surface area contributed by atoms with E-state index in [0.717, 1.165) is 19.4 Å². The molecule has 1 amide bonds. The number of benzene rings is 1. The quantitative estimate of drug-likeness (QED) is 0.631. The first-order valence-electron chi connectivity index (χ1n) is 7.66. The fraction of sp³-hybridized carbons (Fsp3) is 0.312. The number of likely N-dealkylation sites (tertiary alicyclic amines) is 1. The Morgan fingerprint density at radius 2 is 2.29 bits per heavy atom. The molecule has 1 aliphatic heterocycles. The van der Waals surface area contributed by atoms with Gasteiger partial charge in [-0.05, 0) is 23.6 Å². The molecule has 1 fully saturated rings. The molecule has 1 aromatic heterocycles. The van der Waals surface area contributed by atoms with Crippen molar-refractivity contribution in [3.63, 3.8) is 0 Å². The van der Waals surface area contributed by atoms with E-state index in [0.29, 0.717) is 12.6 Å². The van der Waals surface area contributed by atoms with Gasteiger partial charge < -0.3 is 10.2 Å². The van der Waals surface area contributed by atoms with Gasteiger partial charge in [-0.1, -0.05) is 17.7 Å². The molecule has 0 aliphatic carbocycles. The van der Waals surface area contributed by atoms with Crippen LogP contribution in [0.5, 0.6) is 0 Å². The smallest absolute Gasteiger partial charge is 0.294 e. The summed E-state index contributed by atoms with van der Waals surface area (Å²) in [6.07, 6.45) is 2.14. The van der Waals surface area contributed by atoms with Gasteiger partial charge in [0, 0.05) is 23.9 Å². The molecule has 2 heterocycles. The van der Waals surface area contributed by atoms with Crippen LogP contribution in [0.25, 0.3) is 0 Å². The number of nitrogens with zero attached hydrogens (tertiary/aromatic N) is 1. The van der Waals surface area contributed by atoms with Crippen LogP contribution >= 0.6 is 22.9 Å². The van der Waals surface area contributed by atoms with Crippen molar-refractivity contribution in [3.8, 4) is 0 Å². The number of carbonyl (C=O) groups is 1. The average molecular weight is 367 g/mol. The SMILES string of the molecule is O=C(C[NH+]1CCC[C@@H]1c1cccs1)Nc1ccc(Cl)cc1[N+](=O)[O-]. The van der Waals surface area contributed by atoms with Crippen LogP contribution in [0.2, 0.25) is 5.02 Å². The maximum Gasteiger partial charge on any atom is 0.294 e. The summed E-state index contributed by atoms with van der Waals surface area (Å²) in [5.74, 6) is -0.223. The number of thiophene rings is 1. The minimum atomic E-state index is -0.543. The van der Waals surface area contributed by atoms with E-state index in [2.05, 4.69) is 11.4 Å². The highest BCUT2D eigenvalue weighted by Crippen LogP contribution is 2.28. The van der Waals surface area contributed by atoms with Crippen LogP contribution in [0.3, 0.4) is 0 Å². The molecule has 2 atom stereocenters. The third-order valence-corrected chi connectivity index (χ3v) is 5.41. The number of halogens is 1. The molecule has 0 bridgehead atoms. The van der Waals surface area contributed by atoms with Crippen LogP contribution in [-0.4, -0.2) is 23.9 Å². The van der Waals surface area contributed by atoms with Crippen LogP contribution in [0.4, 0.5) is 11.4 Å². The van der Waals surface area contributed by atoms with Gasteiger partial charge in [0.1, 0.15) is 11.7 Å². The van der Waals surface area contributed by atoms with Crippen LogP contribution in [0, 0.1) is 10.1 Å². The molecule has 8 heteroatoms. The molecular weight excluding hydrogens is 350 g/mol. The molecule has 0 spiro atoms. The van der Waals surface area contributed by atoms with E-state index in [1.54, 1.807) is 11.3 Å². The second kappa shape index (κ2) is 7.29. The van der Waals surface area contributed by atoms with Gasteiger partial charge in [-0.15, -0.1) is 11.3 Å². The summed E-state index contributed by atoms with van der Waals surface area (Å²) in [7, 11) is 0. The Balaban J connectivity index is 1.69. The van der Waals surface area contributed by atoms with E-state index in [9.17, 15) is 14.9 Å². The number of amides is 1. The van der Waals surface area contributed by atoms with Gasteiger partial charge in [0.05, 0.1) is 16.3 Å². The Morgan fingerprint density at radius 1 is 1.46 bits per heavy atom. The lowest BCUT2D eigenvalue weighted by atomic mass is 10.2. The number of nitro benzene ring substituents is 1. The van der Waals surface area contributed by atoms with Gasteiger partial charge in [-0.2, -0.15) is 0 Å². The van der Waals surface area contributed by atoms with Gasteiger partial charge >= 0.3 is 0 Å². The maximum atomic E-state index is 12.4. The van der Waals surface area contributed by atoms with E-state index in [4.69, 9.17) is 11.6 Å². The lowest BCUT2D eigenvalue weighted by molar-refractivity contribution is -0.910. The summed E-state index contributed by atoms with van der Waals surface area (Å²) < 4.78 is 0. The number of nitro groups is 1. The molecule has 126 valence electrons. The van der Waals surface area contributed by atoms with Crippen molar-refractivity contribution in [2.45, 2.75) is 18.9 Å². The molecule has 1 aromatic carbocycles.